The van der Waals surface area contributed by atoms with Gasteiger partial charge in [-0.1, -0.05) is 53.1 Å². The summed E-state index contributed by atoms with van der Waals surface area (Å²) in [6, 6.07) is 17.2. The smallest absolute Gasteiger partial charge is 0.339 e. The second-order valence-corrected chi connectivity index (χ2v) is 9.77. The standard InChI is InChI=1S/C23H24O5S2/c1-16-4-10-21(11-5-16)28-30(26,27)23-13-7-18(3)15-20(23)9-8-19-14-17(2)6-12-22(19)29(24)25/h4-7,10-15H,8-9H2,1-3H3,(H,24,25). The van der Waals surface area contributed by atoms with Gasteiger partial charge in [-0.15, -0.1) is 0 Å². The van der Waals surface area contributed by atoms with Crippen LogP contribution in [-0.4, -0.2) is 17.2 Å². The van der Waals surface area contributed by atoms with E-state index in [0.29, 0.717) is 23.3 Å². The molecule has 0 aromatic heterocycles. The summed E-state index contributed by atoms with van der Waals surface area (Å²) >= 11 is -2.10. The Kier molecular flexibility index (Phi) is 6.75. The van der Waals surface area contributed by atoms with Crippen molar-refractivity contribution in [2.45, 2.75) is 43.4 Å². The lowest BCUT2D eigenvalue weighted by Crippen LogP contribution is -2.13. The van der Waals surface area contributed by atoms with E-state index in [4.69, 9.17) is 4.18 Å². The molecular formula is C23H24O5S2. The molecule has 3 aromatic rings. The second kappa shape index (κ2) is 9.12. The van der Waals surface area contributed by atoms with E-state index >= 15 is 0 Å². The Morgan fingerprint density at radius 2 is 1.33 bits per heavy atom. The Morgan fingerprint density at radius 1 is 0.800 bits per heavy atom. The monoisotopic (exact) mass is 444 g/mol. The van der Waals surface area contributed by atoms with E-state index in [1.54, 1.807) is 48.5 Å². The zero-order valence-electron chi connectivity index (χ0n) is 17.1. The van der Waals surface area contributed by atoms with Crippen molar-refractivity contribution in [1.82, 2.24) is 0 Å². The fourth-order valence-corrected chi connectivity index (χ4v) is 5.00. The van der Waals surface area contributed by atoms with Crippen LogP contribution in [0, 0.1) is 20.8 Å². The summed E-state index contributed by atoms with van der Waals surface area (Å²) in [6.07, 6.45) is 0.820. The van der Waals surface area contributed by atoms with Gasteiger partial charge in [0.15, 0.2) is 11.1 Å². The van der Waals surface area contributed by atoms with Crippen LogP contribution in [0.1, 0.15) is 27.8 Å². The van der Waals surface area contributed by atoms with E-state index in [0.717, 1.165) is 22.3 Å². The minimum Gasteiger partial charge on any atom is -0.379 e. The highest BCUT2D eigenvalue weighted by atomic mass is 32.2. The molecule has 1 atom stereocenters. The van der Waals surface area contributed by atoms with E-state index in [1.165, 1.54) is 0 Å². The molecule has 0 bridgehead atoms. The molecule has 1 N–H and O–H groups in total. The van der Waals surface area contributed by atoms with Crippen LogP contribution >= 0.6 is 0 Å². The van der Waals surface area contributed by atoms with Crippen molar-refractivity contribution in [1.29, 1.82) is 0 Å². The van der Waals surface area contributed by atoms with E-state index in [9.17, 15) is 17.2 Å². The SMILES string of the molecule is Cc1ccc(OS(=O)(=O)c2ccc(C)cc2CCc2cc(C)ccc2S(=O)O)cc1. The largest absolute Gasteiger partial charge is 0.379 e. The van der Waals surface area contributed by atoms with Crippen molar-refractivity contribution in [2.24, 2.45) is 0 Å². The maximum Gasteiger partial charge on any atom is 0.339 e. The van der Waals surface area contributed by atoms with E-state index in [1.807, 2.05) is 32.9 Å². The molecule has 0 saturated carbocycles. The zero-order valence-corrected chi connectivity index (χ0v) is 18.7. The summed E-state index contributed by atoms with van der Waals surface area (Å²) in [4.78, 5) is 0.446. The van der Waals surface area contributed by atoms with Crippen LogP contribution in [0.5, 0.6) is 5.75 Å². The van der Waals surface area contributed by atoms with Gasteiger partial charge >= 0.3 is 10.1 Å². The maximum absolute atomic E-state index is 12.9. The molecular weight excluding hydrogens is 420 g/mol. The third-order valence-electron chi connectivity index (χ3n) is 4.78. The zero-order chi connectivity index (χ0) is 21.9. The van der Waals surface area contributed by atoms with Crippen LogP contribution < -0.4 is 4.18 Å². The quantitative estimate of drug-likeness (QED) is 0.420. The molecule has 3 rings (SSSR count). The molecule has 158 valence electrons. The highest BCUT2D eigenvalue weighted by Gasteiger charge is 2.21. The fourth-order valence-electron chi connectivity index (χ4n) is 3.26. The lowest BCUT2D eigenvalue weighted by atomic mass is 10.0. The summed E-state index contributed by atoms with van der Waals surface area (Å²) in [5.41, 5.74) is 4.23. The molecule has 0 saturated heterocycles. The van der Waals surface area contributed by atoms with Gasteiger partial charge in [0.2, 0.25) is 0 Å². The Labute approximate surface area is 180 Å². The Morgan fingerprint density at radius 3 is 1.97 bits per heavy atom. The minimum atomic E-state index is -4.02. The van der Waals surface area contributed by atoms with Crippen LogP contribution in [0.25, 0.3) is 0 Å². The van der Waals surface area contributed by atoms with Crippen molar-refractivity contribution < 1.29 is 21.4 Å². The lowest BCUT2D eigenvalue weighted by molar-refractivity contribution is 0.485. The number of hydrogen-bond donors (Lipinski definition) is 1. The third kappa shape index (κ3) is 5.36. The van der Waals surface area contributed by atoms with Crippen LogP contribution in [0.15, 0.2) is 70.5 Å². The van der Waals surface area contributed by atoms with Crippen LogP contribution in [0.2, 0.25) is 0 Å². The van der Waals surface area contributed by atoms with Crippen molar-refractivity contribution >= 4 is 21.2 Å². The van der Waals surface area contributed by atoms with Gasteiger partial charge in [-0.3, -0.25) is 0 Å². The van der Waals surface area contributed by atoms with E-state index < -0.39 is 21.2 Å². The van der Waals surface area contributed by atoms with Crippen LogP contribution in [-0.2, 0) is 34.0 Å². The average Bonchev–Trinajstić information content (AvgIpc) is 2.67. The van der Waals surface area contributed by atoms with E-state index in [2.05, 4.69) is 0 Å². The molecule has 0 fully saturated rings. The summed E-state index contributed by atoms with van der Waals surface area (Å²) in [6.45, 7) is 5.71. The van der Waals surface area contributed by atoms with Crippen molar-refractivity contribution in [2.75, 3.05) is 0 Å². The molecule has 0 aliphatic carbocycles. The molecule has 0 radical (unpaired) electrons. The number of rotatable bonds is 7. The highest BCUT2D eigenvalue weighted by Crippen LogP contribution is 2.25. The molecule has 0 amide bonds. The molecule has 3 aromatic carbocycles. The summed E-state index contributed by atoms with van der Waals surface area (Å²) in [7, 11) is -4.02. The van der Waals surface area contributed by atoms with Crippen LogP contribution in [0.4, 0.5) is 0 Å². The first-order chi connectivity index (χ1) is 14.2. The predicted octanol–water partition coefficient (Wildman–Crippen LogP) is 4.75. The molecule has 0 spiro atoms. The van der Waals surface area contributed by atoms with Crippen LogP contribution in [0.3, 0.4) is 0 Å². The van der Waals surface area contributed by atoms with Gasteiger partial charge in [-0.2, -0.15) is 8.42 Å². The molecule has 5 nitrogen and oxygen atoms in total. The Hall–Kier alpha value is -2.48. The first-order valence-electron chi connectivity index (χ1n) is 9.47. The first-order valence-corrected chi connectivity index (χ1v) is 12.0. The third-order valence-corrected chi connectivity index (χ3v) is 6.90. The molecule has 7 heteroatoms. The minimum absolute atomic E-state index is 0.105. The van der Waals surface area contributed by atoms with Crippen molar-refractivity contribution in [3.8, 4) is 5.75 Å². The van der Waals surface area contributed by atoms with Gasteiger partial charge in [0.25, 0.3) is 0 Å². The van der Waals surface area contributed by atoms with Crippen molar-refractivity contribution in [3.05, 3.63) is 88.5 Å². The molecule has 0 aliphatic rings. The molecule has 0 aliphatic heterocycles. The van der Waals surface area contributed by atoms with Crippen molar-refractivity contribution in [3.63, 3.8) is 0 Å². The number of hydrogen-bond acceptors (Lipinski definition) is 4. The Balaban J connectivity index is 1.92. The molecule has 1 unspecified atom stereocenters. The lowest BCUT2D eigenvalue weighted by Gasteiger charge is -2.14. The summed E-state index contributed by atoms with van der Waals surface area (Å²) in [5.74, 6) is 0.253. The normalized spacial score (nSPS) is 12.5. The van der Waals surface area contributed by atoms with Gasteiger partial charge in [0.1, 0.15) is 10.6 Å². The second-order valence-electron chi connectivity index (χ2n) is 7.32. The average molecular weight is 445 g/mol. The summed E-state index contributed by atoms with van der Waals surface area (Å²) < 4.78 is 52.4. The first kappa shape index (κ1) is 22.2. The van der Waals surface area contributed by atoms with Gasteiger partial charge in [0, 0.05) is 0 Å². The Bertz CT molecular complexity index is 1180. The van der Waals surface area contributed by atoms with Gasteiger partial charge < -0.3 is 8.74 Å². The highest BCUT2D eigenvalue weighted by molar-refractivity contribution is 7.87. The number of benzene rings is 3. The predicted molar refractivity (Wildman–Crippen MR) is 118 cm³/mol. The maximum atomic E-state index is 12.9. The summed E-state index contributed by atoms with van der Waals surface area (Å²) in [5, 5.41) is 0. The van der Waals surface area contributed by atoms with Gasteiger partial charge in [-0.25, -0.2) is 4.21 Å². The fraction of sp³-hybridized carbons (Fsp3) is 0.217. The number of aryl methyl sites for hydroxylation is 5. The van der Waals surface area contributed by atoms with Gasteiger partial charge in [0.05, 0.1) is 4.90 Å². The van der Waals surface area contributed by atoms with Gasteiger partial charge in [-0.05, 0) is 69.0 Å². The molecule has 0 heterocycles. The van der Waals surface area contributed by atoms with E-state index in [-0.39, 0.29) is 10.6 Å². The topological polar surface area (TPSA) is 80.7 Å². The molecule has 30 heavy (non-hydrogen) atoms.